The fourth-order valence-corrected chi connectivity index (χ4v) is 7.06. The highest BCUT2D eigenvalue weighted by Gasteiger charge is 2.22. The van der Waals surface area contributed by atoms with Crippen LogP contribution in [0.1, 0.15) is 38.7 Å². The summed E-state index contributed by atoms with van der Waals surface area (Å²) >= 11 is 3.60. The topological polar surface area (TPSA) is 55.3 Å². The van der Waals surface area contributed by atoms with Crippen molar-refractivity contribution in [3.63, 3.8) is 0 Å². The Morgan fingerprint density at radius 1 is 0.535 bits per heavy atom. The highest BCUT2D eigenvalue weighted by atomic mass is 79.9. The van der Waals surface area contributed by atoms with Crippen LogP contribution in [0, 0.1) is 22.7 Å². The van der Waals surface area contributed by atoms with E-state index in [1.165, 1.54) is 30.4 Å². The van der Waals surface area contributed by atoms with E-state index in [-0.39, 0.29) is 34.0 Å². The molecule has 6 aromatic rings. The molecular formula is C35H26Br2N4S2. The SMILES string of the molecule is N#Cc1ccc(/C=C/c2sc3ccccc3[n+]2CCC[n+]2c(/C=C/c3ccc(C#N)cc3)sc3ccccc32)cc1.[Br-].[Br-]. The van der Waals surface area contributed by atoms with E-state index in [0.29, 0.717) is 11.1 Å². The van der Waals surface area contributed by atoms with E-state index in [1.54, 1.807) is 22.7 Å². The van der Waals surface area contributed by atoms with Crippen LogP contribution < -0.4 is 43.1 Å². The molecule has 0 amide bonds. The van der Waals surface area contributed by atoms with Crippen molar-refractivity contribution < 1.29 is 43.1 Å². The molecule has 0 saturated carbocycles. The Hall–Kier alpha value is -3.92. The fraction of sp³-hybridized carbons (Fsp3) is 0.0857. The highest BCUT2D eigenvalue weighted by Crippen LogP contribution is 2.24. The van der Waals surface area contributed by atoms with E-state index >= 15 is 0 Å². The van der Waals surface area contributed by atoms with Crippen molar-refractivity contribution in [1.82, 2.24) is 0 Å². The summed E-state index contributed by atoms with van der Waals surface area (Å²) in [7, 11) is 0. The molecule has 2 heterocycles. The molecule has 0 unspecified atom stereocenters. The number of aryl methyl sites for hydroxylation is 2. The van der Waals surface area contributed by atoms with Crippen molar-refractivity contribution in [2.75, 3.05) is 0 Å². The summed E-state index contributed by atoms with van der Waals surface area (Å²) in [5, 5.41) is 20.6. The first kappa shape index (κ1) is 32.0. The molecule has 0 aliphatic rings. The molecule has 0 N–H and O–H groups in total. The average Bonchev–Trinajstić information content (AvgIpc) is 3.57. The predicted molar refractivity (Wildman–Crippen MR) is 169 cm³/mol. The summed E-state index contributed by atoms with van der Waals surface area (Å²) in [6.07, 6.45) is 9.59. The minimum absolute atomic E-state index is 0. The summed E-state index contributed by atoms with van der Waals surface area (Å²) in [6.45, 7) is 1.79. The third kappa shape index (κ3) is 7.36. The van der Waals surface area contributed by atoms with Gasteiger partial charge in [0.2, 0.25) is 11.0 Å². The van der Waals surface area contributed by atoms with Crippen LogP contribution in [0.25, 0.3) is 44.7 Å². The maximum atomic E-state index is 9.10. The summed E-state index contributed by atoms with van der Waals surface area (Å²) in [5.41, 5.74) is 5.99. The molecule has 0 bridgehead atoms. The van der Waals surface area contributed by atoms with Gasteiger partial charge in [-0.3, -0.25) is 0 Å². The van der Waals surface area contributed by atoms with Crippen molar-refractivity contribution in [1.29, 1.82) is 10.5 Å². The Labute approximate surface area is 280 Å². The number of hydrogen-bond acceptors (Lipinski definition) is 4. The van der Waals surface area contributed by atoms with Crippen molar-refractivity contribution in [2.45, 2.75) is 19.5 Å². The number of halogens is 2. The monoisotopic (exact) mass is 724 g/mol. The molecule has 6 rings (SSSR count). The van der Waals surface area contributed by atoms with Crippen molar-refractivity contribution in [2.24, 2.45) is 0 Å². The van der Waals surface area contributed by atoms with E-state index < -0.39 is 0 Å². The second-order valence-corrected chi connectivity index (χ2v) is 11.7. The third-order valence-corrected chi connectivity index (χ3v) is 9.21. The Morgan fingerprint density at radius 3 is 1.33 bits per heavy atom. The fourth-order valence-electron chi connectivity index (χ4n) is 4.87. The predicted octanol–water partition coefficient (Wildman–Crippen LogP) is 1.87. The maximum absolute atomic E-state index is 9.10. The summed E-state index contributed by atoms with van der Waals surface area (Å²) in [5.74, 6) is 0. The molecule has 2 aromatic heterocycles. The smallest absolute Gasteiger partial charge is 0.262 e. The normalized spacial score (nSPS) is 10.9. The maximum Gasteiger partial charge on any atom is 0.262 e. The molecule has 8 heteroatoms. The van der Waals surface area contributed by atoms with Gasteiger partial charge in [0.1, 0.15) is 9.40 Å². The summed E-state index contributed by atoms with van der Waals surface area (Å²) < 4.78 is 7.38. The molecule has 4 nitrogen and oxygen atoms in total. The number of nitrogens with zero attached hydrogens (tertiary/aromatic N) is 4. The number of thiazole rings is 2. The van der Waals surface area contributed by atoms with E-state index in [2.05, 4.69) is 94.1 Å². The lowest BCUT2D eigenvalue weighted by Crippen LogP contribution is -3.00. The van der Waals surface area contributed by atoms with E-state index in [1.807, 2.05) is 48.5 Å². The van der Waals surface area contributed by atoms with Gasteiger partial charge in [-0.2, -0.15) is 19.7 Å². The number of nitriles is 2. The van der Waals surface area contributed by atoms with Crippen LogP contribution in [0.5, 0.6) is 0 Å². The number of fused-ring (bicyclic) bond motifs is 2. The summed E-state index contributed by atoms with van der Waals surface area (Å²) in [4.78, 5) is 0. The molecule has 0 atom stereocenters. The zero-order valence-electron chi connectivity index (χ0n) is 23.0. The lowest BCUT2D eigenvalue weighted by Gasteiger charge is -1.99. The largest absolute Gasteiger partial charge is 1.00 e. The quantitative estimate of drug-likeness (QED) is 0.225. The zero-order chi connectivity index (χ0) is 28.0. The lowest BCUT2D eigenvalue weighted by molar-refractivity contribution is -0.699. The number of para-hydroxylation sites is 2. The second kappa shape index (κ2) is 15.0. The Kier molecular flexibility index (Phi) is 11.2. The minimum Gasteiger partial charge on any atom is -1.00 e. The number of benzene rings is 4. The molecule has 0 saturated heterocycles. The Balaban J connectivity index is 0.00000212. The molecule has 0 aliphatic heterocycles. The Morgan fingerprint density at radius 2 is 0.930 bits per heavy atom. The molecule has 0 spiro atoms. The molecule has 0 fully saturated rings. The van der Waals surface area contributed by atoms with Crippen molar-refractivity contribution in [3.8, 4) is 12.1 Å². The van der Waals surface area contributed by atoms with Crippen LogP contribution in [0.4, 0.5) is 0 Å². The van der Waals surface area contributed by atoms with Crippen LogP contribution in [0.2, 0.25) is 0 Å². The Bertz CT molecular complexity index is 1850. The van der Waals surface area contributed by atoms with Crippen LogP contribution in [0.3, 0.4) is 0 Å². The van der Waals surface area contributed by atoms with Gasteiger partial charge in [0.05, 0.1) is 29.7 Å². The first-order valence-electron chi connectivity index (χ1n) is 13.4. The first-order chi connectivity index (χ1) is 20.2. The molecular weight excluding hydrogens is 700 g/mol. The van der Waals surface area contributed by atoms with E-state index in [0.717, 1.165) is 30.6 Å². The van der Waals surface area contributed by atoms with Gasteiger partial charge in [-0.25, -0.2) is 0 Å². The van der Waals surface area contributed by atoms with Gasteiger partial charge < -0.3 is 34.0 Å². The second-order valence-electron chi connectivity index (χ2n) is 9.61. The molecule has 0 radical (unpaired) electrons. The van der Waals surface area contributed by atoms with E-state index in [4.69, 9.17) is 10.5 Å². The van der Waals surface area contributed by atoms with Gasteiger partial charge in [-0.05, 0) is 59.7 Å². The third-order valence-electron chi connectivity index (χ3n) is 6.95. The van der Waals surface area contributed by atoms with Gasteiger partial charge in [0, 0.05) is 24.3 Å². The number of hydrogen-bond donors (Lipinski definition) is 0. The lowest BCUT2D eigenvalue weighted by atomic mass is 10.1. The van der Waals surface area contributed by atoms with Crippen LogP contribution in [-0.2, 0) is 13.1 Å². The van der Waals surface area contributed by atoms with E-state index in [9.17, 15) is 0 Å². The molecule has 212 valence electrons. The molecule has 43 heavy (non-hydrogen) atoms. The first-order valence-corrected chi connectivity index (χ1v) is 15.0. The van der Waals surface area contributed by atoms with Crippen LogP contribution >= 0.6 is 22.7 Å². The van der Waals surface area contributed by atoms with Gasteiger partial charge in [-0.15, -0.1) is 0 Å². The van der Waals surface area contributed by atoms with Gasteiger partial charge in [-0.1, -0.05) is 71.2 Å². The summed E-state index contributed by atoms with van der Waals surface area (Å²) in [6, 6.07) is 36.9. The minimum atomic E-state index is 0. The number of aromatic nitrogens is 2. The number of rotatable bonds is 8. The van der Waals surface area contributed by atoms with Crippen molar-refractivity contribution >= 4 is 67.4 Å². The van der Waals surface area contributed by atoms with Crippen LogP contribution in [-0.4, -0.2) is 0 Å². The standard InChI is InChI=1S/C35H26N4S2.2BrH/c36-24-28-14-10-26(11-15-28)18-20-34-38(30-6-1-3-8-32(30)40-34)22-5-23-39-31-7-2-4-9-33(31)41-35(39)21-19-27-12-16-29(25-37)17-13-27;;/h1-4,6-21H,5,22-23H2;2*1H/q+2;;/p-2/b20-18+,21-19+;;. The molecule has 0 aliphatic carbocycles. The molecule has 4 aromatic carbocycles. The van der Waals surface area contributed by atoms with Crippen LogP contribution in [0.15, 0.2) is 97.1 Å². The highest BCUT2D eigenvalue weighted by molar-refractivity contribution is 7.19. The average molecular weight is 727 g/mol. The van der Waals surface area contributed by atoms with Gasteiger partial charge in [0.15, 0.2) is 13.1 Å². The van der Waals surface area contributed by atoms with Gasteiger partial charge >= 0.3 is 0 Å². The van der Waals surface area contributed by atoms with Gasteiger partial charge in [0.25, 0.3) is 10.0 Å². The zero-order valence-corrected chi connectivity index (χ0v) is 27.8. The van der Waals surface area contributed by atoms with Crippen molar-refractivity contribution in [3.05, 3.63) is 129 Å².